The molecule has 0 saturated heterocycles. The van der Waals surface area contributed by atoms with Crippen molar-refractivity contribution in [3.63, 3.8) is 0 Å². The summed E-state index contributed by atoms with van der Waals surface area (Å²) in [5, 5.41) is 12.4. The fraction of sp³-hybridized carbons (Fsp3) is 0.353. The van der Waals surface area contributed by atoms with E-state index in [1.165, 1.54) is 0 Å². The van der Waals surface area contributed by atoms with Crippen molar-refractivity contribution in [3.05, 3.63) is 35.9 Å². The van der Waals surface area contributed by atoms with Gasteiger partial charge >= 0.3 is 0 Å². The lowest BCUT2D eigenvalue weighted by atomic mass is 10.2. The van der Waals surface area contributed by atoms with Gasteiger partial charge in [-0.25, -0.2) is 0 Å². The third-order valence-corrected chi connectivity index (χ3v) is 3.30. The summed E-state index contributed by atoms with van der Waals surface area (Å²) >= 11 is 0. The summed E-state index contributed by atoms with van der Waals surface area (Å²) in [5.74, 6) is 2.88. The molecule has 2 aromatic rings. The minimum atomic E-state index is 0.574. The first-order valence-corrected chi connectivity index (χ1v) is 7.88. The van der Waals surface area contributed by atoms with Crippen LogP contribution < -0.4 is 20.4 Å². The molecule has 1 aromatic carbocycles. The van der Waals surface area contributed by atoms with Gasteiger partial charge in [0.05, 0.1) is 7.11 Å². The van der Waals surface area contributed by atoms with Gasteiger partial charge in [-0.3, -0.25) is 5.01 Å². The average molecular weight is 328 g/mol. The lowest BCUT2D eigenvalue weighted by Gasteiger charge is -2.15. The molecule has 0 unspecified atom stereocenters. The van der Waals surface area contributed by atoms with E-state index < -0.39 is 0 Å². The van der Waals surface area contributed by atoms with Crippen molar-refractivity contribution in [1.82, 2.24) is 9.97 Å². The second-order valence-electron chi connectivity index (χ2n) is 5.06. The summed E-state index contributed by atoms with van der Waals surface area (Å²) in [6.07, 6.45) is 1.72. The van der Waals surface area contributed by atoms with Crippen LogP contribution in [0.2, 0.25) is 0 Å². The number of nitrogens with one attached hydrogen (secondary N) is 2. The summed E-state index contributed by atoms with van der Waals surface area (Å²) < 4.78 is 5.17. The number of nitrogens with zero attached hydrogens (tertiary/aromatic N) is 4. The molecule has 2 rings (SSSR count). The molecule has 0 saturated carbocycles. The number of hydrogen-bond acceptors (Lipinski definition) is 7. The number of rotatable bonds is 8. The summed E-state index contributed by atoms with van der Waals surface area (Å²) in [4.78, 5) is 8.93. The molecule has 0 atom stereocenters. The number of benzene rings is 1. The molecule has 128 valence electrons. The SMILES string of the molecule is C/C=N\N(C)c1cc(NCc2ccc(OC)cc2)nc(NCC)n1. The quantitative estimate of drug-likeness (QED) is 0.573. The number of methoxy groups -OCH3 is 1. The molecule has 7 nitrogen and oxygen atoms in total. The molecular weight excluding hydrogens is 304 g/mol. The Morgan fingerprint density at radius 3 is 2.58 bits per heavy atom. The number of ether oxygens (including phenoxy) is 1. The zero-order chi connectivity index (χ0) is 17.4. The van der Waals surface area contributed by atoms with Gasteiger partial charge in [0.25, 0.3) is 0 Å². The summed E-state index contributed by atoms with van der Waals surface area (Å²) in [7, 11) is 3.51. The van der Waals surface area contributed by atoms with E-state index in [0.717, 1.165) is 29.5 Å². The van der Waals surface area contributed by atoms with Gasteiger partial charge in [0, 0.05) is 32.4 Å². The van der Waals surface area contributed by atoms with Crippen LogP contribution >= 0.6 is 0 Å². The van der Waals surface area contributed by atoms with Crippen LogP contribution in [0.5, 0.6) is 5.75 Å². The van der Waals surface area contributed by atoms with E-state index in [2.05, 4.69) is 25.7 Å². The lowest BCUT2D eigenvalue weighted by molar-refractivity contribution is 0.414. The largest absolute Gasteiger partial charge is 0.497 e. The molecule has 0 aliphatic heterocycles. The standard InChI is InChI=1S/C17H24N6O/c1-5-18-17-21-15(11-16(22-17)23(3)20-6-2)19-12-13-7-9-14(24-4)10-8-13/h6-11H,5,12H2,1-4H3,(H2,18,19,21,22)/b20-6-. The second-order valence-corrected chi connectivity index (χ2v) is 5.06. The minimum Gasteiger partial charge on any atom is -0.497 e. The fourth-order valence-corrected chi connectivity index (χ4v) is 2.10. The van der Waals surface area contributed by atoms with Crippen molar-refractivity contribution in [3.8, 4) is 5.75 Å². The number of hydrazone groups is 1. The molecule has 0 radical (unpaired) electrons. The predicted molar refractivity (Wildman–Crippen MR) is 99.1 cm³/mol. The van der Waals surface area contributed by atoms with Crippen molar-refractivity contribution < 1.29 is 4.74 Å². The van der Waals surface area contributed by atoms with E-state index in [0.29, 0.717) is 12.5 Å². The van der Waals surface area contributed by atoms with Gasteiger partial charge in [0.15, 0.2) is 5.82 Å². The number of aromatic nitrogens is 2. The van der Waals surface area contributed by atoms with Crippen LogP contribution in [0.3, 0.4) is 0 Å². The second kappa shape index (κ2) is 8.71. The summed E-state index contributed by atoms with van der Waals surface area (Å²) in [6, 6.07) is 9.79. The maximum Gasteiger partial charge on any atom is 0.226 e. The zero-order valence-corrected chi connectivity index (χ0v) is 14.6. The molecule has 1 heterocycles. The van der Waals surface area contributed by atoms with E-state index in [4.69, 9.17) is 4.74 Å². The molecule has 0 bridgehead atoms. The Bertz CT molecular complexity index is 671. The molecule has 2 N–H and O–H groups in total. The first-order valence-electron chi connectivity index (χ1n) is 7.88. The highest BCUT2D eigenvalue weighted by molar-refractivity contribution is 5.58. The van der Waals surface area contributed by atoms with Crippen molar-refractivity contribution in [2.45, 2.75) is 20.4 Å². The van der Waals surface area contributed by atoms with E-state index in [1.807, 2.05) is 51.2 Å². The molecule has 0 amide bonds. The van der Waals surface area contributed by atoms with Crippen molar-refractivity contribution in [2.75, 3.05) is 36.3 Å². The molecule has 7 heteroatoms. The third kappa shape index (κ3) is 4.84. The Labute approximate surface area is 142 Å². The van der Waals surface area contributed by atoms with Gasteiger partial charge in [-0.15, -0.1) is 0 Å². The smallest absolute Gasteiger partial charge is 0.226 e. The molecule has 0 aliphatic carbocycles. The van der Waals surface area contributed by atoms with Crippen molar-refractivity contribution in [2.24, 2.45) is 5.10 Å². The van der Waals surface area contributed by atoms with Crippen molar-refractivity contribution in [1.29, 1.82) is 0 Å². The monoisotopic (exact) mass is 328 g/mol. The van der Waals surface area contributed by atoms with E-state index in [-0.39, 0.29) is 0 Å². The van der Waals surface area contributed by atoms with Gasteiger partial charge < -0.3 is 15.4 Å². The Balaban J connectivity index is 2.14. The van der Waals surface area contributed by atoms with Gasteiger partial charge in [-0.2, -0.15) is 15.1 Å². The predicted octanol–water partition coefficient (Wildman–Crippen LogP) is 2.97. The molecule has 0 fully saturated rings. The maximum atomic E-state index is 5.17. The lowest BCUT2D eigenvalue weighted by Crippen LogP contribution is -2.14. The topological polar surface area (TPSA) is 74.7 Å². The van der Waals surface area contributed by atoms with E-state index in [1.54, 1.807) is 18.3 Å². The Morgan fingerprint density at radius 1 is 1.21 bits per heavy atom. The minimum absolute atomic E-state index is 0.574. The first kappa shape index (κ1) is 17.5. The third-order valence-electron chi connectivity index (χ3n) is 3.30. The highest BCUT2D eigenvalue weighted by atomic mass is 16.5. The highest BCUT2D eigenvalue weighted by Crippen LogP contribution is 2.19. The molecule has 0 aliphatic rings. The van der Waals surface area contributed by atoms with E-state index >= 15 is 0 Å². The summed E-state index contributed by atoms with van der Waals surface area (Å²) in [6.45, 7) is 5.29. The normalized spacial score (nSPS) is 10.7. The fourth-order valence-electron chi connectivity index (χ4n) is 2.10. The van der Waals surface area contributed by atoms with Crippen LogP contribution in [0, 0.1) is 0 Å². The first-order chi connectivity index (χ1) is 11.7. The van der Waals surface area contributed by atoms with Crippen LogP contribution in [0.1, 0.15) is 19.4 Å². The molecule has 0 spiro atoms. The van der Waals surface area contributed by atoms with E-state index in [9.17, 15) is 0 Å². The molecule has 1 aromatic heterocycles. The van der Waals surface area contributed by atoms with Crippen LogP contribution in [-0.4, -0.2) is 36.9 Å². The Hall–Kier alpha value is -2.83. The van der Waals surface area contributed by atoms with Crippen molar-refractivity contribution >= 4 is 23.8 Å². The van der Waals surface area contributed by atoms with Gasteiger partial charge in [-0.05, 0) is 31.5 Å². The average Bonchev–Trinajstić information content (AvgIpc) is 2.61. The van der Waals surface area contributed by atoms with Gasteiger partial charge in [0.2, 0.25) is 5.95 Å². The molecule has 24 heavy (non-hydrogen) atoms. The highest BCUT2D eigenvalue weighted by Gasteiger charge is 2.07. The Kier molecular flexibility index (Phi) is 6.36. The maximum absolute atomic E-state index is 5.17. The van der Waals surface area contributed by atoms with Crippen LogP contribution in [0.25, 0.3) is 0 Å². The summed E-state index contributed by atoms with van der Waals surface area (Å²) in [5.41, 5.74) is 1.14. The van der Waals surface area contributed by atoms with Crippen LogP contribution in [0.4, 0.5) is 17.6 Å². The van der Waals surface area contributed by atoms with Gasteiger partial charge in [-0.1, -0.05) is 12.1 Å². The van der Waals surface area contributed by atoms with Crippen LogP contribution in [0.15, 0.2) is 35.4 Å². The van der Waals surface area contributed by atoms with Crippen LogP contribution in [-0.2, 0) is 6.54 Å². The number of anilines is 3. The Morgan fingerprint density at radius 2 is 1.96 bits per heavy atom. The number of hydrogen-bond donors (Lipinski definition) is 2. The zero-order valence-electron chi connectivity index (χ0n) is 14.6. The molecular formula is C17H24N6O. The van der Waals surface area contributed by atoms with Gasteiger partial charge in [0.1, 0.15) is 11.6 Å².